The lowest BCUT2D eigenvalue weighted by molar-refractivity contribution is 1.03. The number of benzene rings is 1. The van der Waals surface area contributed by atoms with Gasteiger partial charge in [0.15, 0.2) is 0 Å². The molecule has 0 radical (unpaired) electrons. The van der Waals surface area contributed by atoms with Crippen LogP contribution in [0.25, 0.3) is 0 Å². The Morgan fingerprint density at radius 3 is 2.71 bits per heavy atom. The van der Waals surface area contributed by atoms with Crippen LogP contribution in [0.3, 0.4) is 0 Å². The van der Waals surface area contributed by atoms with Crippen molar-refractivity contribution in [3.8, 4) is 12.3 Å². The summed E-state index contributed by atoms with van der Waals surface area (Å²) in [6.45, 7) is 6.27. The van der Waals surface area contributed by atoms with Crippen LogP contribution in [0.15, 0.2) is 18.2 Å². The number of nitrogens with one attached hydrogen (secondary N) is 1. The third-order valence-electron chi connectivity index (χ3n) is 2.36. The van der Waals surface area contributed by atoms with E-state index < -0.39 is 0 Å². The molecule has 0 aliphatic rings. The molecule has 1 rings (SSSR count). The van der Waals surface area contributed by atoms with Crippen molar-refractivity contribution in [1.82, 2.24) is 0 Å². The van der Waals surface area contributed by atoms with Crippen LogP contribution in [-0.2, 0) is 6.42 Å². The molecule has 1 heteroatoms. The molecule has 0 heterocycles. The van der Waals surface area contributed by atoms with E-state index in [4.69, 9.17) is 6.42 Å². The SMILES string of the molecule is C#CC(C)Nc1ccc(CC)c(C)c1. The number of anilines is 1. The maximum atomic E-state index is 5.30. The lowest BCUT2D eigenvalue weighted by atomic mass is 10.1. The number of terminal acetylenes is 1. The van der Waals surface area contributed by atoms with Crippen molar-refractivity contribution in [1.29, 1.82) is 0 Å². The van der Waals surface area contributed by atoms with Gasteiger partial charge in [0.2, 0.25) is 0 Å². The van der Waals surface area contributed by atoms with Crippen LogP contribution in [0.1, 0.15) is 25.0 Å². The summed E-state index contributed by atoms with van der Waals surface area (Å²) < 4.78 is 0. The van der Waals surface area contributed by atoms with E-state index >= 15 is 0 Å². The average Bonchev–Trinajstić information content (AvgIpc) is 2.18. The Morgan fingerprint density at radius 2 is 2.21 bits per heavy atom. The van der Waals surface area contributed by atoms with Crippen molar-refractivity contribution in [2.45, 2.75) is 33.2 Å². The molecule has 0 amide bonds. The van der Waals surface area contributed by atoms with Crippen LogP contribution in [0.5, 0.6) is 0 Å². The van der Waals surface area contributed by atoms with E-state index in [2.05, 4.69) is 43.3 Å². The van der Waals surface area contributed by atoms with Crippen molar-refractivity contribution in [3.63, 3.8) is 0 Å². The first-order valence-electron chi connectivity index (χ1n) is 4.99. The lowest BCUT2D eigenvalue weighted by Crippen LogP contribution is -2.12. The molecule has 1 atom stereocenters. The summed E-state index contributed by atoms with van der Waals surface area (Å²) in [5.41, 5.74) is 3.82. The molecule has 0 aromatic heterocycles. The molecule has 1 N–H and O–H groups in total. The van der Waals surface area contributed by atoms with Gasteiger partial charge in [-0.3, -0.25) is 0 Å². The van der Waals surface area contributed by atoms with Crippen molar-refractivity contribution in [2.24, 2.45) is 0 Å². The van der Waals surface area contributed by atoms with Crippen LogP contribution >= 0.6 is 0 Å². The molecule has 1 aromatic rings. The molecule has 14 heavy (non-hydrogen) atoms. The van der Waals surface area contributed by atoms with Gasteiger partial charge in [-0.2, -0.15) is 0 Å². The molecule has 0 aliphatic carbocycles. The fraction of sp³-hybridized carbons (Fsp3) is 0.385. The van der Waals surface area contributed by atoms with Gasteiger partial charge in [0.25, 0.3) is 0 Å². The van der Waals surface area contributed by atoms with E-state index in [9.17, 15) is 0 Å². The molecule has 0 aliphatic heterocycles. The van der Waals surface area contributed by atoms with E-state index in [1.165, 1.54) is 11.1 Å². The molecular weight excluding hydrogens is 170 g/mol. The highest BCUT2D eigenvalue weighted by molar-refractivity contribution is 5.49. The van der Waals surface area contributed by atoms with E-state index in [1.54, 1.807) is 0 Å². The highest BCUT2D eigenvalue weighted by Gasteiger charge is 2.00. The average molecular weight is 187 g/mol. The highest BCUT2D eigenvalue weighted by atomic mass is 14.9. The maximum absolute atomic E-state index is 5.30. The van der Waals surface area contributed by atoms with Crippen molar-refractivity contribution in [2.75, 3.05) is 5.32 Å². The zero-order valence-electron chi connectivity index (χ0n) is 9.09. The quantitative estimate of drug-likeness (QED) is 0.717. The number of rotatable bonds is 3. The first-order chi connectivity index (χ1) is 6.67. The molecule has 1 nitrogen and oxygen atoms in total. The van der Waals surface area contributed by atoms with Crippen LogP contribution in [0.4, 0.5) is 5.69 Å². The molecule has 0 saturated carbocycles. The second kappa shape index (κ2) is 4.72. The molecule has 1 unspecified atom stereocenters. The predicted molar refractivity (Wildman–Crippen MR) is 62.5 cm³/mol. The summed E-state index contributed by atoms with van der Waals surface area (Å²) in [7, 11) is 0. The largest absolute Gasteiger partial charge is 0.372 e. The second-order valence-electron chi connectivity index (χ2n) is 3.53. The third kappa shape index (κ3) is 2.53. The van der Waals surface area contributed by atoms with E-state index in [0.717, 1.165) is 12.1 Å². The number of hydrogen-bond acceptors (Lipinski definition) is 1. The Kier molecular flexibility index (Phi) is 3.59. The van der Waals surface area contributed by atoms with Crippen LogP contribution < -0.4 is 5.32 Å². The zero-order chi connectivity index (χ0) is 10.6. The van der Waals surface area contributed by atoms with Crippen LogP contribution in [0.2, 0.25) is 0 Å². The zero-order valence-corrected chi connectivity index (χ0v) is 9.09. The first kappa shape index (κ1) is 10.7. The summed E-state index contributed by atoms with van der Waals surface area (Å²) in [5.74, 6) is 2.65. The molecule has 1 aromatic carbocycles. The third-order valence-corrected chi connectivity index (χ3v) is 2.36. The van der Waals surface area contributed by atoms with Crippen molar-refractivity contribution < 1.29 is 0 Å². The van der Waals surface area contributed by atoms with Gasteiger partial charge in [0.05, 0.1) is 6.04 Å². The van der Waals surface area contributed by atoms with Gasteiger partial charge in [-0.15, -0.1) is 6.42 Å². The fourth-order valence-corrected chi connectivity index (χ4v) is 1.47. The van der Waals surface area contributed by atoms with Gasteiger partial charge in [-0.05, 0) is 43.5 Å². The van der Waals surface area contributed by atoms with Gasteiger partial charge >= 0.3 is 0 Å². The van der Waals surface area contributed by atoms with Crippen molar-refractivity contribution in [3.05, 3.63) is 29.3 Å². The summed E-state index contributed by atoms with van der Waals surface area (Å²) in [6.07, 6.45) is 6.38. The van der Waals surface area contributed by atoms with Gasteiger partial charge < -0.3 is 5.32 Å². The highest BCUT2D eigenvalue weighted by Crippen LogP contribution is 2.16. The van der Waals surface area contributed by atoms with Gasteiger partial charge in [0.1, 0.15) is 0 Å². The summed E-state index contributed by atoms with van der Waals surface area (Å²) >= 11 is 0. The monoisotopic (exact) mass is 187 g/mol. The Hall–Kier alpha value is -1.42. The smallest absolute Gasteiger partial charge is 0.0845 e. The van der Waals surface area contributed by atoms with E-state index in [0.29, 0.717) is 0 Å². The molecule has 0 fully saturated rings. The normalized spacial score (nSPS) is 11.9. The molecule has 0 bridgehead atoms. The summed E-state index contributed by atoms with van der Waals surface area (Å²) in [6, 6.07) is 6.47. The van der Waals surface area contributed by atoms with Crippen LogP contribution in [-0.4, -0.2) is 6.04 Å². The van der Waals surface area contributed by atoms with E-state index in [1.807, 2.05) is 6.92 Å². The van der Waals surface area contributed by atoms with Crippen LogP contribution in [0, 0.1) is 19.3 Å². The minimum atomic E-state index is 0.0851. The number of aryl methyl sites for hydroxylation is 2. The topological polar surface area (TPSA) is 12.0 Å². The van der Waals surface area contributed by atoms with Gasteiger partial charge in [0, 0.05) is 5.69 Å². The summed E-state index contributed by atoms with van der Waals surface area (Å²) in [4.78, 5) is 0. The lowest BCUT2D eigenvalue weighted by Gasteiger charge is -2.11. The molecule has 74 valence electrons. The Labute approximate surface area is 86.5 Å². The molecule has 0 saturated heterocycles. The molecule has 0 spiro atoms. The Balaban J connectivity index is 2.82. The minimum absolute atomic E-state index is 0.0851. The maximum Gasteiger partial charge on any atom is 0.0845 e. The van der Waals surface area contributed by atoms with Gasteiger partial charge in [-0.1, -0.05) is 18.9 Å². The second-order valence-corrected chi connectivity index (χ2v) is 3.53. The molecular formula is C13H17N. The minimum Gasteiger partial charge on any atom is -0.372 e. The predicted octanol–water partition coefficient (Wildman–Crippen LogP) is 2.99. The standard InChI is InChI=1S/C13H17N/c1-5-11(4)14-13-8-7-12(6-2)10(3)9-13/h1,7-9,11,14H,6H2,2-4H3. The fourth-order valence-electron chi connectivity index (χ4n) is 1.47. The Bertz CT molecular complexity index is 347. The summed E-state index contributed by atoms with van der Waals surface area (Å²) in [5, 5.41) is 3.25. The number of hydrogen-bond donors (Lipinski definition) is 1. The first-order valence-corrected chi connectivity index (χ1v) is 4.99. The Morgan fingerprint density at radius 1 is 1.50 bits per heavy atom. The van der Waals surface area contributed by atoms with Gasteiger partial charge in [-0.25, -0.2) is 0 Å². The van der Waals surface area contributed by atoms with E-state index in [-0.39, 0.29) is 6.04 Å². The van der Waals surface area contributed by atoms with Crippen molar-refractivity contribution >= 4 is 5.69 Å².